The zero-order valence-corrected chi connectivity index (χ0v) is 11.6. The van der Waals surface area contributed by atoms with Crippen LogP contribution < -0.4 is 0 Å². The van der Waals surface area contributed by atoms with Crippen molar-refractivity contribution in [2.45, 2.75) is 18.0 Å². The molecule has 0 heterocycles. The highest BCUT2D eigenvalue weighted by Crippen LogP contribution is 2.28. The van der Waals surface area contributed by atoms with Crippen LogP contribution in [0.2, 0.25) is 0 Å². The van der Waals surface area contributed by atoms with Crippen molar-refractivity contribution in [1.29, 1.82) is 0 Å². The van der Waals surface area contributed by atoms with Gasteiger partial charge in [-0.05, 0) is 18.6 Å². The summed E-state index contributed by atoms with van der Waals surface area (Å²) in [4.78, 5) is 8.68. The Balaban J connectivity index is 3.38. The molecule has 0 saturated heterocycles. The molecule has 6 nitrogen and oxygen atoms in total. The van der Waals surface area contributed by atoms with Crippen molar-refractivity contribution in [3.63, 3.8) is 0 Å². The van der Waals surface area contributed by atoms with Crippen LogP contribution in [0.25, 0.3) is 0 Å². The molecule has 0 aliphatic rings. The maximum Gasteiger partial charge on any atom is 0.402 e. The van der Waals surface area contributed by atoms with Gasteiger partial charge in [-0.3, -0.25) is 10.1 Å². The van der Waals surface area contributed by atoms with E-state index in [0.717, 1.165) is 6.92 Å². The zero-order valence-electron chi connectivity index (χ0n) is 10.8. The predicted molar refractivity (Wildman–Crippen MR) is 63.7 cm³/mol. The van der Waals surface area contributed by atoms with Gasteiger partial charge in [0.05, 0.1) is 9.82 Å². The minimum absolute atomic E-state index is 0.00301. The highest BCUT2D eigenvalue weighted by molar-refractivity contribution is 7.89. The Morgan fingerprint density at radius 3 is 2.29 bits per heavy atom. The van der Waals surface area contributed by atoms with Gasteiger partial charge in [0.1, 0.15) is 6.54 Å². The first-order chi connectivity index (χ1) is 9.36. The monoisotopic (exact) mass is 330 g/mol. The minimum atomic E-state index is -4.78. The maximum absolute atomic E-state index is 13.3. The van der Waals surface area contributed by atoms with Crippen LogP contribution in [0.4, 0.5) is 23.2 Å². The highest BCUT2D eigenvalue weighted by atomic mass is 32.2. The predicted octanol–water partition coefficient (Wildman–Crippen LogP) is 2.23. The summed E-state index contributed by atoms with van der Waals surface area (Å²) in [6, 6.07) is 0.999. The number of benzene rings is 1. The van der Waals surface area contributed by atoms with Gasteiger partial charge in [-0.15, -0.1) is 0 Å². The molecule has 0 N–H and O–H groups in total. The number of nitro groups is 1. The van der Waals surface area contributed by atoms with Gasteiger partial charge in [0, 0.05) is 13.1 Å². The Hall–Kier alpha value is -1.75. The first kappa shape index (κ1) is 17.3. The minimum Gasteiger partial charge on any atom is -0.258 e. The SMILES string of the molecule is Cc1cc(F)c([N+](=O)[O-])cc1S(=O)(=O)N(C)CC(F)(F)F. The topological polar surface area (TPSA) is 80.5 Å². The smallest absolute Gasteiger partial charge is 0.258 e. The molecule has 0 atom stereocenters. The van der Waals surface area contributed by atoms with E-state index in [1.165, 1.54) is 0 Å². The Morgan fingerprint density at radius 1 is 1.33 bits per heavy atom. The van der Waals surface area contributed by atoms with E-state index in [9.17, 15) is 36.1 Å². The van der Waals surface area contributed by atoms with Crippen molar-refractivity contribution in [1.82, 2.24) is 4.31 Å². The summed E-state index contributed by atoms with van der Waals surface area (Å²) >= 11 is 0. The van der Waals surface area contributed by atoms with Gasteiger partial charge < -0.3 is 0 Å². The number of aryl methyl sites for hydroxylation is 1. The number of nitrogens with zero attached hydrogens (tertiary/aromatic N) is 2. The quantitative estimate of drug-likeness (QED) is 0.482. The van der Waals surface area contributed by atoms with Crippen molar-refractivity contribution < 1.29 is 30.9 Å². The molecule has 0 bridgehead atoms. The van der Waals surface area contributed by atoms with Crippen LogP contribution in [0.5, 0.6) is 0 Å². The number of sulfonamides is 1. The average molecular weight is 330 g/mol. The highest BCUT2D eigenvalue weighted by Gasteiger charge is 2.36. The largest absolute Gasteiger partial charge is 0.402 e. The van der Waals surface area contributed by atoms with Crippen LogP contribution in [0.1, 0.15) is 5.56 Å². The summed E-state index contributed by atoms with van der Waals surface area (Å²) in [5.41, 5.74) is -1.35. The lowest BCUT2D eigenvalue weighted by Crippen LogP contribution is -2.36. The first-order valence-electron chi connectivity index (χ1n) is 5.34. The second-order valence-corrected chi connectivity index (χ2v) is 6.22. The molecule has 1 aromatic carbocycles. The molecular formula is C10H10F4N2O4S. The van der Waals surface area contributed by atoms with E-state index in [-0.39, 0.29) is 9.87 Å². The molecule has 0 fully saturated rings. The van der Waals surface area contributed by atoms with Crippen molar-refractivity contribution in [3.8, 4) is 0 Å². The lowest BCUT2D eigenvalue weighted by molar-refractivity contribution is -0.387. The van der Waals surface area contributed by atoms with Crippen molar-refractivity contribution in [2.75, 3.05) is 13.6 Å². The second kappa shape index (κ2) is 5.56. The third-order valence-electron chi connectivity index (χ3n) is 2.53. The normalized spacial score (nSPS) is 12.7. The van der Waals surface area contributed by atoms with Gasteiger partial charge in [0.25, 0.3) is 0 Å². The lowest BCUT2D eigenvalue weighted by Gasteiger charge is -2.19. The summed E-state index contributed by atoms with van der Waals surface area (Å²) < 4.78 is 74.1. The molecule has 21 heavy (non-hydrogen) atoms. The van der Waals surface area contributed by atoms with Crippen LogP contribution in [-0.4, -0.2) is 37.4 Å². The fourth-order valence-electron chi connectivity index (χ4n) is 1.57. The number of halogens is 4. The Labute approximate surface area is 117 Å². The number of rotatable bonds is 4. The average Bonchev–Trinajstić information content (AvgIpc) is 2.25. The van der Waals surface area contributed by atoms with Crippen molar-refractivity contribution >= 4 is 15.7 Å². The molecule has 0 aromatic heterocycles. The van der Waals surface area contributed by atoms with Crippen molar-refractivity contribution in [2.24, 2.45) is 0 Å². The van der Waals surface area contributed by atoms with Gasteiger partial charge in [-0.25, -0.2) is 8.42 Å². The first-order valence-corrected chi connectivity index (χ1v) is 6.78. The van der Waals surface area contributed by atoms with Gasteiger partial charge in [-0.1, -0.05) is 0 Å². The number of hydrogen-bond acceptors (Lipinski definition) is 4. The summed E-state index contributed by atoms with van der Waals surface area (Å²) in [7, 11) is -3.96. The molecule has 0 spiro atoms. The van der Waals surface area contributed by atoms with E-state index in [1.54, 1.807) is 0 Å². The fraction of sp³-hybridized carbons (Fsp3) is 0.400. The molecular weight excluding hydrogens is 320 g/mol. The molecule has 0 unspecified atom stereocenters. The fourth-order valence-corrected chi connectivity index (χ4v) is 2.94. The van der Waals surface area contributed by atoms with E-state index in [4.69, 9.17) is 0 Å². The Bertz CT molecular complexity index is 672. The van der Waals surface area contributed by atoms with Gasteiger partial charge in [0.15, 0.2) is 0 Å². The third kappa shape index (κ3) is 3.88. The molecule has 1 rings (SSSR count). The van der Waals surface area contributed by atoms with E-state index >= 15 is 0 Å². The molecule has 0 aliphatic heterocycles. The summed E-state index contributed by atoms with van der Waals surface area (Å²) in [5.74, 6) is -1.27. The van der Waals surface area contributed by atoms with Crippen LogP contribution >= 0.6 is 0 Å². The molecule has 1 aromatic rings. The van der Waals surface area contributed by atoms with Gasteiger partial charge in [-0.2, -0.15) is 21.9 Å². The number of alkyl halides is 3. The number of nitro benzene ring substituents is 1. The molecule has 118 valence electrons. The second-order valence-electron chi connectivity index (χ2n) is 4.20. The number of hydrogen-bond donors (Lipinski definition) is 0. The van der Waals surface area contributed by atoms with E-state index < -0.39 is 44.1 Å². The Kier molecular flexibility index (Phi) is 4.58. The molecule has 0 radical (unpaired) electrons. The van der Waals surface area contributed by atoms with Gasteiger partial charge >= 0.3 is 11.9 Å². The molecule has 0 aliphatic carbocycles. The summed E-state index contributed by atoms with van der Waals surface area (Å²) in [6.45, 7) is -0.638. The van der Waals surface area contributed by atoms with Gasteiger partial charge in [0.2, 0.25) is 15.8 Å². The van der Waals surface area contributed by atoms with Crippen LogP contribution in [-0.2, 0) is 10.0 Å². The zero-order chi connectivity index (χ0) is 16.6. The van der Waals surface area contributed by atoms with E-state index in [1.807, 2.05) is 0 Å². The molecule has 11 heteroatoms. The molecule has 0 saturated carbocycles. The summed E-state index contributed by atoms with van der Waals surface area (Å²) in [6.07, 6.45) is -4.78. The lowest BCUT2D eigenvalue weighted by atomic mass is 10.2. The third-order valence-corrected chi connectivity index (χ3v) is 4.48. The maximum atomic E-state index is 13.3. The van der Waals surface area contributed by atoms with Crippen LogP contribution in [0, 0.1) is 22.9 Å². The van der Waals surface area contributed by atoms with E-state index in [2.05, 4.69) is 0 Å². The Morgan fingerprint density at radius 2 is 1.86 bits per heavy atom. The van der Waals surface area contributed by atoms with Crippen molar-refractivity contribution in [3.05, 3.63) is 33.6 Å². The molecule has 0 amide bonds. The standard InChI is InChI=1S/C10H10F4N2O4S/c1-6-3-7(11)8(16(17)18)4-9(6)21(19,20)15(2)5-10(12,13)14/h3-4H,5H2,1-2H3. The van der Waals surface area contributed by atoms with Crippen LogP contribution in [0.3, 0.4) is 0 Å². The van der Waals surface area contributed by atoms with Crippen LogP contribution in [0.15, 0.2) is 17.0 Å². The van der Waals surface area contributed by atoms with E-state index in [0.29, 0.717) is 19.2 Å². The summed E-state index contributed by atoms with van der Waals surface area (Å²) in [5, 5.41) is 10.6.